The van der Waals surface area contributed by atoms with Crippen LogP contribution in [0.4, 0.5) is 5.69 Å². The third-order valence-electron chi connectivity index (χ3n) is 3.32. The lowest BCUT2D eigenvalue weighted by Crippen LogP contribution is -2.32. The summed E-state index contributed by atoms with van der Waals surface area (Å²) >= 11 is 5.95. The van der Waals surface area contributed by atoms with E-state index in [1.165, 1.54) is 6.07 Å². The highest BCUT2D eigenvalue weighted by Gasteiger charge is 2.17. The van der Waals surface area contributed by atoms with Crippen LogP contribution in [0.5, 0.6) is 0 Å². The fourth-order valence-corrected chi connectivity index (χ4v) is 2.49. The number of likely N-dealkylation sites (tertiary alicyclic amines) is 1. The number of nitrogens with zero attached hydrogens (tertiary/aromatic N) is 1. The number of nitrogens with one attached hydrogen (secondary N) is 1. The van der Waals surface area contributed by atoms with E-state index in [2.05, 4.69) is 5.32 Å². The van der Waals surface area contributed by atoms with Crippen LogP contribution in [0.3, 0.4) is 0 Å². The monoisotopic (exact) mass is 295 g/mol. The van der Waals surface area contributed by atoms with Gasteiger partial charge in [-0.25, -0.2) is 0 Å². The fourth-order valence-electron chi connectivity index (χ4n) is 2.22. The van der Waals surface area contributed by atoms with Crippen molar-refractivity contribution in [2.24, 2.45) is 0 Å². The Morgan fingerprint density at radius 1 is 1.30 bits per heavy atom. The van der Waals surface area contributed by atoms with Gasteiger partial charge in [-0.15, -0.1) is 0 Å². The fraction of sp³-hybridized carbons (Fsp3) is 0.429. The molecule has 0 aliphatic carbocycles. The van der Waals surface area contributed by atoms with Crippen LogP contribution >= 0.6 is 11.6 Å². The first-order valence-electron chi connectivity index (χ1n) is 6.69. The minimum absolute atomic E-state index is 0.0891. The largest absolute Gasteiger partial charge is 0.399 e. The minimum atomic E-state index is -0.288. The Hall–Kier alpha value is -1.75. The number of carbonyl (C=O) groups excluding carboxylic acids is 2. The first-order chi connectivity index (χ1) is 9.58. The van der Waals surface area contributed by atoms with Crippen LogP contribution in [-0.2, 0) is 4.79 Å². The molecule has 0 unspecified atom stereocenters. The van der Waals surface area contributed by atoms with Gasteiger partial charge in [0, 0.05) is 31.7 Å². The molecule has 1 fully saturated rings. The Morgan fingerprint density at radius 2 is 2.00 bits per heavy atom. The van der Waals surface area contributed by atoms with Crippen molar-refractivity contribution < 1.29 is 9.59 Å². The molecule has 1 saturated heterocycles. The molecule has 0 atom stereocenters. The number of amides is 2. The van der Waals surface area contributed by atoms with Gasteiger partial charge in [0.2, 0.25) is 5.91 Å². The van der Waals surface area contributed by atoms with E-state index >= 15 is 0 Å². The lowest BCUT2D eigenvalue weighted by atomic mass is 10.2. The zero-order chi connectivity index (χ0) is 14.5. The number of hydrogen-bond acceptors (Lipinski definition) is 3. The second kappa shape index (κ2) is 6.61. The van der Waals surface area contributed by atoms with Crippen LogP contribution in [0.1, 0.15) is 29.6 Å². The van der Waals surface area contributed by atoms with Crippen molar-refractivity contribution >= 4 is 29.1 Å². The van der Waals surface area contributed by atoms with Crippen LogP contribution in [0.15, 0.2) is 18.2 Å². The maximum absolute atomic E-state index is 11.9. The molecule has 1 aromatic rings. The second-order valence-electron chi connectivity index (χ2n) is 4.83. The van der Waals surface area contributed by atoms with Gasteiger partial charge in [-0.2, -0.15) is 0 Å². The van der Waals surface area contributed by atoms with Crippen LogP contribution in [0, 0.1) is 0 Å². The van der Waals surface area contributed by atoms with E-state index in [1.807, 2.05) is 4.90 Å². The Morgan fingerprint density at radius 3 is 2.65 bits per heavy atom. The van der Waals surface area contributed by atoms with Gasteiger partial charge < -0.3 is 16.0 Å². The van der Waals surface area contributed by atoms with Gasteiger partial charge in [0.25, 0.3) is 5.91 Å². The number of benzene rings is 1. The molecule has 1 aromatic carbocycles. The highest BCUT2D eigenvalue weighted by Crippen LogP contribution is 2.18. The first-order valence-corrected chi connectivity index (χ1v) is 7.07. The number of nitrogens with two attached hydrogens (primary N) is 1. The topological polar surface area (TPSA) is 75.4 Å². The highest BCUT2D eigenvalue weighted by atomic mass is 35.5. The third-order valence-corrected chi connectivity index (χ3v) is 3.63. The van der Waals surface area contributed by atoms with Crippen LogP contribution in [0.2, 0.25) is 5.02 Å². The average Bonchev–Trinajstić information content (AvgIpc) is 2.92. The van der Waals surface area contributed by atoms with Crippen molar-refractivity contribution in [2.75, 3.05) is 25.4 Å². The first kappa shape index (κ1) is 14.7. The number of anilines is 1. The molecule has 1 aliphatic heterocycles. The predicted molar refractivity (Wildman–Crippen MR) is 78.6 cm³/mol. The van der Waals surface area contributed by atoms with E-state index in [0.717, 1.165) is 25.9 Å². The van der Waals surface area contributed by atoms with Gasteiger partial charge in [0.15, 0.2) is 0 Å². The average molecular weight is 296 g/mol. The normalized spacial score (nSPS) is 14.3. The predicted octanol–water partition coefficient (Wildman–Crippen LogP) is 1.66. The maximum atomic E-state index is 11.9. The summed E-state index contributed by atoms with van der Waals surface area (Å²) in [4.78, 5) is 25.6. The van der Waals surface area contributed by atoms with Crippen LogP contribution in [0.25, 0.3) is 0 Å². The van der Waals surface area contributed by atoms with Gasteiger partial charge in [0.1, 0.15) is 0 Å². The summed E-state index contributed by atoms with van der Waals surface area (Å²) in [5.41, 5.74) is 6.45. The molecular formula is C14H18ClN3O2. The molecule has 6 heteroatoms. The van der Waals surface area contributed by atoms with Gasteiger partial charge in [-0.3, -0.25) is 9.59 Å². The molecule has 1 heterocycles. The molecule has 0 spiro atoms. The molecule has 2 amide bonds. The molecule has 2 rings (SSSR count). The summed E-state index contributed by atoms with van der Waals surface area (Å²) in [6, 6.07) is 4.73. The summed E-state index contributed by atoms with van der Waals surface area (Å²) in [7, 11) is 0. The van der Waals surface area contributed by atoms with Gasteiger partial charge in [-0.1, -0.05) is 11.6 Å². The molecule has 20 heavy (non-hydrogen) atoms. The molecule has 1 aliphatic rings. The van der Waals surface area contributed by atoms with Crippen molar-refractivity contribution in [3.8, 4) is 0 Å². The summed E-state index contributed by atoms with van der Waals surface area (Å²) in [5, 5.41) is 3.02. The highest BCUT2D eigenvalue weighted by molar-refractivity contribution is 6.34. The van der Waals surface area contributed by atoms with Crippen molar-refractivity contribution in [1.82, 2.24) is 10.2 Å². The number of hydrogen-bond donors (Lipinski definition) is 2. The smallest absolute Gasteiger partial charge is 0.252 e. The number of rotatable bonds is 4. The second-order valence-corrected chi connectivity index (χ2v) is 5.24. The van der Waals surface area contributed by atoms with E-state index in [-0.39, 0.29) is 11.8 Å². The van der Waals surface area contributed by atoms with Crippen LogP contribution < -0.4 is 11.1 Å². The molecule has 0 radical (unpaired) electrons. The molecule has 0 aromatic heterocycles. The van der Waals surface area contributed by atoms with Gasteiger partial charge in [0.05, 0.1) is 10.6 Å². The molecule has 5 nitrogen and oxygen atoms in total. The van der Waals surface area contributed by atoms with Crippen molar-refractivity contribution in [2.45, 2.75) is 19.3 Å². The summed E-state index contributed by atoms with van der Waals surface area (Å²) in [6.07, 6.45) is 2.45. The number of nitrogen functional groups attached to an aromatic ring is 1. The van der Waals surface area contributed by atoms with E-state index in [4.69, 9.17) is 17.3 Å². The standard InChI is InChI=1S/C14H18ClN3O2/c15-12-9-10(16)3-4-11(12)14(20)17-6-5-13(19)18-7-1-2-8-18/h3-4,9H,1-2,5-8,16H2,(H,17,20). The Kier molecular flexibility index (Phi) is 4.84. The Balaban J connectivity index is 1.81. The molecule has 0 saturated carbocycles. The van der Waals surface area contributed by atoms with Crippen LogP contribution in [-0.4, -0.2) is 36.3 Å². The molecule has 3 N–H and O–H groups in total. The van der Waals surface area contributed by atoms with E-state index in [1.54, 1.807) is 12.1 Å². The third kappa shape index (κ3) is 3.63. The Labute approximate surface area is 123 Å². The lowest BCUT2D eigenvalue weighted by Gasteiger charge is -2.15. The van der Waals surface area contributed by atoms with Gasteiger partial charge in [-0.05, 0) is 31.0 Å². The summed E-state index contributed by atoms with van der Waals surface area (Å²) in [5.74, 6) is -0.199. The molecule has 108 valence electrons. The van der Waals surface area contributed by atoms with Crippen molar-refractivity contribution in [1.29, 1.82) is 0 Å². The summed E-state index contributed by atoms with van der Waals surface area (Å²) in [6.45, 7) is 1.97. The zero-order valence-electron chi connectivity index (χ0n) is 11.2. The quantitative estimate of drug-likeness (QED) is 0.830. The number of carbonyl (C=O) groups is 2. The SMILES string of the molecule is Nc1ccc(C(=O)NCCC(=O)N2CCCC2)c(Cl)c1. The minimum Gasteiger partial charge on any atom is -0.399 e. The van der Waals surface area contributed by atoms with E-state index in [0.29, 0.717) is 29.2 Å². The van der Waals surface area contributed by atoms with Crippen molar-refractivity contribution in [3.63, 3.8) is 0 Å². The van der Waals surface area contributed by atoms with E-state index in [9.17, 15) is 9.59 Å². The number of halogens is 1. The summed E-state index contributed by atoms with van der Waals surface area (Å²) < 4.78 is 0. The van der Waals surface area contributed by atoms with E-state index < -0.39 is 0 Å². The molecular weight excluding hydrogens is 278 g/mol. The van der Waals surface area contributed by atoms with Gasteiger partial charge >= 0.3 is 0 Å². The molecule has 0 bridgehead atoms. The maximum Gasteiger partial charge on any atom is 0.252 e. The Bertz CT molecular complexity index is 513. The lowest BCUT2D eigenvalue weighted by molar-refractivity contribution is -0.129. The zero-order valence-corrected chi connectivity index (χ0v) is 11.9. The van der Waals surface area contributed by atoms with Crippen molar-refractivity contribution in [3.05, 3.63) is 28.8 Å².